The summed E-state index contributed by atoms with van der Waals surface area (Å²) < 4.78 is 0. The number of anilines is 2. The van der Waals surface area contributed by atoms with Crippen molar-refractivity contribution < 1.29 is 4.79 Å². The van der Waals surface area contributed by atoms with Gasteiger partial charge in [-0.1, -0.05) is 6.92 Å². The Labute approximate surface area is 111 Å². The number of aromatic nitrogens is 2. The number of H-pyrrole nitrogens is 1. The number of rotatable bonds is 2. The summed E-state index contributed by atoms with van der Waals surface area (Å²) in [5.41, 5.74) is 8.64. The number of benzene rings is 1. The molecule has 1 aliphatic heterocycles. The molecule has 1 saturated heterocycles. The number of hydrogen-bond donors (Lipinski definition) is 3. The van der Waals surface area contributed by atoms with Gasteiger partial charge in [-0.25, -0.2) is 0 Å². The lowest BCUT2D eigenvalue weighted by atomic mass is 10.1. The monoisotopic (exact) mass is 259 g/mol. The number of nitrogens with zero attached hydrogens (tertiary/aromatic N) is 2. The van der Waals surface area contributed by atoms with E-state index in [1.165, 1.54) is 0 Å². The normalized spacial score (nSPS) is 19.7. The van der Waals surface area contributed by atoms with Gasteiger partial charge in [-0.15, -0.1) is 0 Å². The number of nitrogens with one attached hydrogen (secondary N) is 2. The Morgan fingerprint density at radius 3 is 3.16 bits per heavy atom. The molecule has 0 aliphatic carbocycles. The van der Waals surface area contributed by atoms with Crippen molar-refractivity contribution in [2.45, 2.75) is 19.4 Å². The summed E-state index contributed by atoms with van der Waals surface area (Å²) in [6.07, 6.45) is 2.50. The van der Waals surface area contributed by atoms with E-state index < -0.39 is 0 Å². The lowest BCUT2D eigenvalue weighted by Crippen LogP contribution is -2.55. The molecular formula is C13H17N5O. The van der Waals surface area contributed by atoms with Crippen molar-refractivity contribution in [2.75, 3.05) is 23.7 Å². The minimum absolute atomic E-state index is 0.0675. The molecule has 2 heterocycles. The van der Waals surface area contributed by atoms with E-state index in [1.54, 1.807) is 6.20 Å². The number of hydrogen-bond acceptors (Lipinski definition) is 4. The van der Waals surface area contributed by atoms with E-state index in [0.717, 1.165) is 29.6 Å². The van der Waals surface area contributed by atoms with Gasteiger partial charge < -0.3 is 16.0 Å². The second-order valence-corrected chi connectivity index (χ2v) is 4.78. The van der Waals surface area contributed by atoms with Crippen LogP contribution in [0.3, 0.4) is 0 Å². The van der Waals surface area contributed by atoms with Crippen molar-refractivity contribution in [1.82, 2.24) is 15.5 Å². The van der Waals surface area contributed by atoms with Crippen molar-refractivity contribution in [1.29, 1.82) is 0 Å². The Hall–Kier alpha value is -2.24. The van der Waals surface area contributed by atoms with Crippen LogP contribution in [0.15, 0.2) is 18.3 Å². The minimum atomic E-state index is -0.156. The van der Waals surface area contributed by atoms with Crippen LogP contribution in [-0.4, -0.2) is 35.2 Å². The molecule has 2 aromatic rings. The van der Waals surface area contributed by atoms with E-state index in [2.05, 4.69) is 20.4 Å². The number of carbonyl (C=O) groups is 1. The van der Waals surface area contributed by atoms with Crippen LogP contribution in [0.5, 0.6) is 0 Å². The summed E-state index contributed by atoms with van der Waals surface area (Å²) in [4.78, 5) is 14.0. The number of piperazine rings is 1. The van der Waals surface area contributed by atoms with Gasteiger partial charge in [-0.3, -0.25) is 9.89 Å². The maximum Gasteiger partial charge on any atom is 0.242 e. The maximum atomic E-state index is 11.9. The average molecular weight is 259 g/mol. The molecule has 0 bridgehead atoms. The van der Waals surface area contributed by atoms with Crippen molar-refractivity contribution in [3.05, 3.63) is 18.3 Å². The van der Waals surface area contributed by atoms with Gasteiger partial charge in [0.15, 0.2) is 0 Å². The van der Waals surface area contributed by atoms with Crippen LogP contribution in [-0.2, 0) is 4.79 Å². The van der Waals surface area contributed by atoms with Crippen LogP contribution < -0.4 is 16.0 Å². The summed E-state index contributed by atoms with van der Waals surface area (Å²) in [5.74, 6) is 0.0675. The first-order valence-electron chi connectivity index (χ1n) is 6.47. The predicted octanol–water partition coefficient (Wildman–Crippen LogP) is 0.860. The lowest BCUT2D eigenvalue weighted by molar-refractivity contribution is -0.123. The zero-order valence-corrected chi connectivity index (χ0v) is 10.8. The molecule has 1 fully saturated rings. The molecule has 1 unspecified atom stereocenters. The van der Waals surface area contributed by atoms with E-state index in [9.17, 15) is 4.79 Å². The molecule has 1 atom stereocenters. The molecular weight excluding hydrogens is 242 g/mol. The summed E-state index contributed by atoms with van der Waals surface area (Å²) in [6.45, 7) is 3.43. The second-order valence-electron chi connectivity index (χ2n) is 4.78. The number of aromatic amines is 1. The first-order chi connectivity index (χ1) is 9.20. The van der Waals surface area contributed by atoms with Gasteiger partial charge in [0.05, 0.1) is 23.1 Å². The van der Waals surface area contributed by atoms with E-state index in [-0.39, 0.29) is 11.9 Å². The van der Waals surface area contributed by atoms with E-state index >= 15 is 0 Å². The maximum absolute atomic E-state index is 11.9. The third kappa shape index (κ3) is 1.89. The molecule has 0 spiro atoms. The van der Waals surface area contributed by atoms with Gasteiger partial charge in [0.25, 0.3) is 0 Å². The van der Waals surface area contributed by atoms with Crippen molar-refractivity contribution in [3.63, 3.8) is 0 Å². The SMILES string of the molecule is CCC1C(=O)NCCN1c1cc2[nH]ncc2cc1N. The predicted molar refractivity (Wildman–Crippen MR) is 74.9 cm³/mol. The molecule has 19 heavy (non-hydrogen) atoms. The van der Waals surface area contributed by atoms with E-state index in [4.69, 9.17) is 5.73 Å². The third-order valence-corrected chi connectivity index (χ3v) is 3.61. The molecule has 3 rings (SSSR count). The molecule has 1 aromatic heterocycles. The van der Waals surface area contributed by atoms with Gasteiger partial charge in [-0.05, 0) is 18.6 Å². The third-order valence-electron chi connectivity index (χ3n) is 3.61. The first kappa shape index (κ1) is 11.8. The highest BCUT2D eigenvalue weighted by atomic mass is 16.2. The van der Waals surface area contributed by atoms with Crippen molar-refractivity contribution in [3.8, 4) is 0 Å². The number of fused-ring (bicyclic) bond motifs is 1. The molecule has 6 heteroatoms. The van der Waals surface area contributed by atoms with Gasteiger partial charge in [0, 0.05) is 18.5 Å². The molecule has 6 nitrogen and oxygen atoms in total. The zero-order chi connectivity index (χ0) is 13.4. The molecule has 0 saturated carbocycles. The average Bonchev–Trinajstić information content (AvgIpc) is 2.84. The lowest BCUT2D eigenvalue weighted by Gasteiger charge is -2.36. The molecule has 100 valence electrons. The molecule has 1 amide bonds. The smallest absolute Gasteiger partial charge is 0.242 e. The summed E-state index contributed by atoms with van der Waals surface area (Å²) in [5, 5.41) is 10.8. The Kier molecular flexibility index (Phi) is 2.77. The van der Waals surface area contributed by atoms with Crippen LogP contribution in [0, 0.1) is 0 Å². The summed E-state index contributed by atoms with van der Waals surface area (Å²) in [7, 11) is 0. The molecule has 0 radical (unpaired) electrons. The topological polar surface area (TPSA) is 87.0 Å². The highest BCUT2D eigenvalue weighted by Gasteiger charge is 2.29. The molecule has 1 aromatic carbocycles. The summed E-state index contributed by atoms with van der Waals surface area (Å²) in [6, 6.07) is 3.71. The van der Waals surface area contributed by atoms with E-state index in [1.807, 2.05) is 19.1 Å². The fourth-order valence-electron chi connectivity index (χ4n) is 2.66. The minimum Gasteiger partial charge on any atom is -0.397 e. The summed E-state index contributed by atoms with van der Waals surface area (Å²) >= 11 is 0. The van der Waals surface area contributed by atoms with Gasteiger partial charge in [0.2, 0.25) is 5.91 Å². The largest absolute Gasteiger partial charge is 0.397 e. The van der Waals surface area contributed by atoms with Crippen LogP contribution in [0.4, 0.5) is 11.4 Å². The Balaban J connectivity index is 2.06. The van der Waals surface area contributed by atoms with Gasteiger partial charge in [-0.2, -0.15) is 5.10 Å². The Morgan fingerprint density at radius 2 is 2.37 bits per heavy atom. The molecule has 1 aliphatic rings. The highest BCUT2D eigenvalue weighted by molar-refractivity contribution is 5.92. The molecule has 4 N–H and O–H groups in total. The highest BCUT2D eigenvalue weighted by Crippen LogP contribution is 2.30. The quantitative estimate of drug-likeness (QED) is 0.698. The van der Waals surface area contributed by atoms with Crippen LogP contribution in [0.2, 0.25) is 0 Å². The van der Waals surface area contributed by atoms with Crippen molar-refractivity contribution >= 4 is 28.2 Å². The number of nitrogen functional groups attached to an aromatic ring is 1. The van der Waals surface area contributed by atoms with Crippen molar-refractivity contribution in [2.24, 2.45) is 0 Å². The second kappa shape index (κ2) is 4.46. The standard InChI is InChI=1S/C13H17N5O/c1-2-11-13(19)15-3-4-18(11)12-6-10-8(5-9(12)14)7-16-17-10/h5-7,11H,2-4,14H2,1H3,(H,15,19)(H,16,17). The van der Waals surface area contributed by atoms with Crippen LogP contribution in [0.1, 0.15) is 13.3 Å². The first-order valence-corrected chi connectivity index (χ1v) is 6.47. The number of amides is 1. The van der Waals surface area contributed by atoms with Gasteiger partial charge >= 0.3 is 0 Å². The van der Waals surface area contributed by atoms with Gasteiger partial charge in [0.1, 0.15) is 6.04 Å². The van der Waals surface area contributed by atoms with Crippen LogP contribution in [0.25, 0.3) is 10.9 Å². The number of nitrogens with two attached hydrogens (primary N) is 1. The number of carbonyl (C=O) groups excluding carboxylic acids is 1. The van der Waals surface area contributed by atoms with E-state index in [0.29, 0.717) is 12.2 Å². The fourth-order valence-corrected chi connectivity index (χ4v) is 2.66. The van der Waals surface area contributed by atoms with Crippen LogP contribution >= 0.6 is 0 Å². The fraction of sp³-hybridized carbons (Fsp3) is 0.385. The zero-order valence-electron chi connectivity index (χ0n) is 10.8. The Morgan fingerprint density at radius 1 is 1.53 bits per heavy atom. The Bertz CT molecular complexity index is 621.